The minimum Gasteiger partial charge on any atom is -0.497 e. The Balaban J connectivity index is 1.71. The average Bonchev–Trinajstić information content (AvgIpc) is 3.00. The van der Waals surface area contributed by atoms with Crippen LogP contribution in [0.2, 0.25) is 0 Å². The zero-order valence-electron chi connectivity index (χ0n) is 12.7. The summed E-state index contributed by atoms with van der Waals surface area (Å²) < 4.78 is 5.18. The summed E-state index contributed by atoms with van der Waals surface area (Å²) in [6.45, 7) is 3.28. The summed E-state index contributed by atoms with van der Waals surface area (Å²) in [4.78, 5) is 19.2. The van der Waals surface area contributed by atoms with Crippen molar-refractivity contribution < 1.29 is 9.53 Å². The number of hydrogen-bond acceptors (Lipinski definition) is 4. The molecule has 2 aromatic rings. The van der Waals surface area contributed by atoms with Gasteiger partial charge in [-0.15, -0.1) is 11.3 Å². The van der Waals surface area contributed by atoms with Gasteiger partial charge in [0.1, 0.15) is 10.6 Å². The Morgan fingerprint density at radius 1 is 1.32 bits per heavy atom. The number of benzene rings is 1. The third-order valence-corrected chi connectivity index (χ3v) is 4.81. The predicted molar refractivity (Wildman–Crippen MR) is 88.3 cm³/mol. The molecule has 0 radical (unpaired) electrons. The number of nitrogens with zero attached hydrogens (tertiary/aromatic N) is 2. The van der Waals surface area contributed by atoms with Gasteiger partial charge in [0.05, 0.1) is 18.3 Å². The molecule has 1 aliphatic rings. The van der Waals surface area contributed by atoms with Crippen LogP contribution in [0.25, 0.3) is 5.57 Å². The molecule has 114 valence electrons. The van der Waals surface area contributed by atoms with Crippen LogP contribution in [0.5, 0.6) is 5.75 Å². The van der Waals surface area contributed by atoms with E-state index in [0.29, 0.717) is 6.54 Å². The number of hydrogen-bond donors (Lipinski definition) is 0. The third kappa shape index (κ3) is 2.90. The lowest BCUT2D eigenvalue weighted by Crippen LogP contribution is -2.34. The van der Waals surface area contributed by atoms with Crippen molar-refractivity contribution in [3.8, 4) is 5.75 Å². The number of thiazole rings is 1. The van der Waals surface area contributed by atoms with E-state index >= 15 is 0 Å². The van der Waals surface area contributed by atoms with E-state index in [4.69, 9.17) is 4.74 Å². The predicted octanol–water partition coefficient (Wildman–Crippen LogP) is 3.39. The highest BCUT2D eigenvalue weighted by atomic mass is 32.1. The second-order valence-corrected chi connectivity index (χ2v) is 6.08. The number of rotatable bonds is 3. The Kier molecular flexibility index (Phi) is 4.24. The molecule has 0 bridgehead atoms. The Labute approximate surface area is 134 Å². The van der Waals surface area contributed by atoms with Gasteiger partial charge in [0.25, 0.3) is 5.91 Å². The molecule has 3 rings (SSSR count). The van der Waals surface area contributed by atoms with Crippen molar-refractivity contribution in [2.45, 2.75) is 13.3 Å². The van der Waals surface area contributed by atoms with Crippen LogP contribution in [0.4, 0.5) is 0 Å². The van der Waals surface area contributed by atoms with Gasteiger partial charge in [-0.05, 0) is 36.6 Å². The third-order valence-electron chi connectivity index (χ3n) is 3.90. The Bertz CT molecular complexity index is 704. The number of ether oxygens (including phenoxy) is 1. The van der Waals surface area contributed by atoms with E-state index in [-0.39, 0.29) is 5.91 Å². The van der Waals surface area contributed by atoms with Crippen molar-refractivity contribution in [3.63, 3.8) is 0 Å². The van der Waals surface area contributed by atoms with Crippen molar-refractivity contribution in [1.82, 2.24) is 9.88 Å². The molecule has 1 aromatic carbocycles. The molecular formula is C17H18N2O2S. The molecule has 0 spiro atoms. The van der Waals surface area contributed by atoms with Gasteiger partial charge in [0.2, 0.25) is 0 Å². The van der Waals surface area contributed by atoms with Crippen molar-refractivity contribution in [3.05, 3.63) is 52.0 Å². The number of carbonyl (C=O) groups is 1. The van der Waals surface area contributed by atoms with Crippen LogP contribution in [-0.2, 0) is 0 Å². The van der Waals surface area contributed by atoms with Gasteiger partial charge in [-0.1, -0.05) is 18.2 Å². The summed E-state index contributed by atoms with van der Waals surface area (Å²) in [7, 11) is 1.67. The fraction of sp³-hybridized carbons (Fsp3) is 0.294. The zero-order valence-corrected chi connectivity index (χ0v) is 13.5. The molecule has 4 nitrogen and oxygen atoms in total. The van der Waals surface area contributed by atoms with Crippen LogP contribution in [-0.4, -0.2) is 36.0 Å². The molecule has 0 fully saturated rings. The number of aryl methyl sites for hydroxylation is 1. The second-order valence-electron chi connectivity index (χ2n) is 5.23. The molecule has 5 heteroatoms. The van der Waals surface area contributed by atoms with Crippen molar-refractivity contribution in [2.75, 3.05) is 20.2 Å². The number of amides is 1. The largest absolute Gasteiger partial charge is 0.497 e. The van der Waals surface area contributed by atoms with Crippen LogP contribution in [0, 0.1) is 6.92 Å². The molecule has 1 amide bonds. The first-order valence-corrected chi connectivity index (χ1v) is 8.10. The number of aromatic nitrogens is 1. The zero-order chi connectivity index (χ0) is 15.5. The molecule has 0 saturated heterocycles. The van der Waals surface area contributed by atoms with E-state index < -0.39 is 0 Å². The minimum atomic E-state index is 0.0880. The van der Waals surface area contributed by atoms with Crippen molar-refractivity contribution in [2.24, 2.45) is 0 Å². The van der Waals surface area contributed by atoms with Crippen LogP contribution in [0.3, 0.4) is 0 Å². The first kappa shape index (κ1) is 14.8. The Morgan fingerprint density at radius 2 is 2.09 bits per heavy atom. The van der Waals surface area contributed by atoms with Crippen LogP contribution in [0.1, 0.15) is 27.3 Å². The maximum absolute atomic E-state index is 12.5. The quantitative estimate of drug-likeness (QED) is 0.872. The van der Waals surface area contributed by atoms with E-state index in [1.807, 2.05) is 24.0 Å². The number of methoxy groups -OCH3 is 1. The van der Waals surface area contributed by atoms with Gasteiger partial charge in [-0.25, -0.2) is 4.98 Å². The van der Waals surface area contributed by atoms with E-state index in [1.165, 1.54) is 22.5 Å². The molecule has 0 atom stereocenters. The normalized spacial score (nSPS) is 14.6. The molecule has 0 aliphatic carbocycles. The first-order chi connectivity index (χ1) is 10.7. The van der Waals surface area contributed by atoms with E-state index in [0.717, 1.165) is 29.3 Å². The first-order valence-electron chi connectivity index (χ1n) is 7.22. The van der Waals surface area contributed by atoms with Gasteiger partial charge in [0, 0.05) is 13.1 Å². The second kappa shape index (κ2) is 6.32. The lowest BCUT2D eigenvalue weighted by atomic mass is 9.99. The van der Waals surface area contributed by atoms with Gasteiger partial charge in [-0.3, -0.25) is 4.79 Å². The highest BCUT2D eigenvalue weighted by Crippen LogP contribution is 2.25. The minimum absolute atomic E-state index is 0.0880. The smallest absolute Gasteiger partial charge is 0.266 e. The topological polar surface area (TPSA) is 42.4 Å². The van der Waals surface area contributed by atoms with E-state index in [2.05, 4.69) is 23.2 Å². The summed E-state index contributed by atoms with van der Waals surface area (Å²) in [6, 6.07) is 8.06. The maximum atomic E-state index is 12.5. The monoisotopic (exact) mass is 314 g/mol. The van der Waals surface area contributed by atoms with Crippen LogP contribution >= 0.6 is 11.3 Å². The summed E-state index contributed by atoms with van der Waals surface area (Å²) >= 11 is 1.42. The highest BCUT2D eigenvalue weighted by molar-refractivity contribution is 7.11. The van der Waals surface area contributed by atoms with Gasteiger partial charge < -0.3 is 9.64 Å². The fourth-order valence-electron chi connectivity index (χ4n) is 2.57. The van der Waals surface area contributed by atoms with Crippen molar-refractivity contribution >= 4 is 22.8 Å². The summed E-state index contributed by atoms with van der Waals surface area (Å²) in [6.07, 6.45) is 3.01. The van der Waals surface area contributed by atoms with Crippen LogP contribution in [0.15, 0.2) is 35.9 Å². The van der Waals surface area contributed by atoms with Gasteiger partial charge in [0.15, 0.2) is 0 Å². The fourth-order valence-corrected chi connectivity index (χ4v) is 3.34. The lowest BCUT2D eigenvalue weighted by Gasteiger charge is -2.26. The standard InChI is InChI=1S/C17H18N2O2S/c1-12-16(22-11-18-12)17(20)19-9-7-14(8-10-19)13-3-5-15(21-2)6-4-13/h3-7,11H,8-10H2,1-2H3. The maximum Gasteiger partial charge on any atom is 0.266 e. The van der Waals surface area contributed by atoms with E-state index in [1.54, 1.807) is 12.6 Å². The summed E-state index contributed by atoms with van der Waals surface area (Å²) in [5.41, 5.74) is 5.03. The summed E-state index contributed by atoms with van der Waals surface area (Å²) in [5, 5.41) is 0. The average molecular weight is 314 g/mol. The highest BCUT2D eigenvalue weighted by Gasteiger charge is 2.22. The molecule has 0 saturated carbocycles. The molecular weight excluding hydrogens is 296 g/mol. The molecule has 0 N–H and O–H groups in total. The molecule has 0 unspecified atom stereocenters. The van der Waals surface area contributed by atoms with Crippen LogP contribution < -0.4 is 4.74 Å². The van der Waals surface area contributed by atoms with Gasteiger partial charge in [-0.2, -0.15) is 0 Å². The molecule has 1 aliphatic heterocycles. The van der Waals surface area contributed by atoms with E-state index in [9.17, 15) is 4.79 Å². The number of carbonyl (C=O) groups excluding carboxylic acids is 1. The molecule has 22 heavy (non-hydrogen) atoms. The van der Waals surface area contributed by atoms with Crippen molar-refractivity contribution in [1.29, 1.82) is 0 Å². The van der Waals surface area contributed by atoms with Gasteiger partial charge >= 0.3 is 0 Å². The molecule has 1 aromatic heterocycles. The summed E-state index contributed by atoms with van der Waals surface area (Å²) in [5.74, 6) is 0.947. The lowest BCUT2D eigenvalue weighted by molar-refractivity contribution is 0.0777. The Hall–Kier alpha value is -2.14. The molecule has 2 heterocycles. The SMILES string of the molecule is COc1ccc(C2=CCN(C(=O)c3scnc3C)CC2)cc1. The Morgan fingerprint density at radius 3 is 2.64 bits per heavy atom.